The van der Waals surface area contributed by atoms with Crippen LogP contribution in [0.2, 0.25) is 0 Å². The second kappa shape index (κ2) is 7.49. The Hall–Kier alpha value is -2.05. The molecule has 0 spiro atoms. The number of nitrogens with zero attached hydrogens (tertiary/aromatic N) is 1. The third-order valence-electron chi connectivity index (χ3n) is 8.62. The molecule has 6 heteroatoms. The van der Waals surface area contributed by atoms with Crippen LogP contribution in [0.1, 0.15) is 51.5 Å². The van der Waals surface area contributed by atoms with E-state index in [2.05, 4.69) is 37.0 Å². The van der Waals surface area contributed by atoms with Crippen molar-refractivity contribution in [2.45, 2.75) is 46.0 Å². The van der Waals surface area contributed by atoms with Gasteiger partial charge in [-0.1, -0.05) is 43.2 Å². The quantitative estimate of drug-likeness (QED) is 0.616. The molecule has 0 N–H and O–H groups in total. The van der Waals surface area contributed by atoms with E-state index in [9.17, 15) is 13.2 Å². The van der Waals surface area contributed by atoms with E-state index in [-0.39, 0.29) is 29.1 Å². The molecule has 4 aliphatic carbocycles. The first-order valence-electron chi connectivity index (χ1n) is 11.5. The van der Waals surface area contributed by atoms with Crippen molar-refractivity contribution in [2.75, 3.05) is 12.9 Å². The molecule has 4 aliphatic rings. The highest BCUT2D eigenvalue weighted by molar-refractivity contribution is 7.85. The summed E-state index contributed by atoms with van der Waals surface area (Å²) in [6.07, 6.45) is 15.6. The minimum Gasteiger partial charge on any atom is -0.295 e. The van der Waals surface area contributed by atoms with Gasteiger partial charge in [-0.2, -0.15) is 8.42 Å². The summed E-state index contributed by atoms with van der Waals surface area (Å²) in [5.41, 5.74) is 4.93. The Morgan fingerprint density at radius 3 is 2.72 bits per heavy atom. The van der Waals surface area contributed by atoms with Crippen LogP contribution in [0.25, 0.3) is 5.57 Å². The maximum absolute atomic E-state index is 12.3. The molecule has 0 bridgehead atoms. The van der Waals surface area contributed by atoms with Gasteiger partial charge in [0.05, 0.1) is 12.9 Å². The minimum absolute atomic E-state index is 0.0332. The largest absolute Gasteiger partial charge is 0.295 e. The van der Waals surface area contributed by atoms with Gasteiger partial charge in [-0.05, 0) is 66.2 Å². The van der Waals surface area contributed by atoms with Gasteiger partial charge < -0.3 is 0 Å². The molecule has 0 radical (unpaired) electrons. The summed E-state index contributed by atoms with van der Waals surface area (Å²) in [4.78, 5) is 16.7. The number of hydrogen-bond donors (Lipinski definition) is 0. The smallest absolute Gasteiger partial charge is 0.264 e. The van der Waals surface area contributed by atoms with Gasteiger partial charge in [0.2, 0.25) is 0 Å². The first kappa shape index (κ1) is 21.8. The van der Waals surface area contributed by atoms with Gasteiger partial charge in [0.15, 0.2) is 5.78 Å². The van der Waals surface area contributed by atoms with Gasteiger partial charge in [-0.25, -0.2) is 0 Å². The van der Waals surface area contributed by atoms with E-state index in [0.29, 0.717) is 18.3 Å². The third-order valence-corrected chi connectivity index (χ3v) is 9.19. The molecule has 170 valence electrons. The lowest BCUT2D eigenvalue weighted by molar-refractivity contribution is -0.116. The summed E-state index contributed by atoms with van der Waals surface area (Å²) < 4.78 is 28.8. The van der Waals surface area contributed by atoms with Gasteiger partial charge in [-0.15, -0.1) is 0 Å². The Morgan fingerprint density at radius 2 is 2.00 bits per heavy atom. The molecule has 2 fully saturated rings. The monoisotopic (exact) mass is 453 g/mol. The Labute approximate surface area is 190 Å². The Bertz CT molecular complexity index is 1150. The van der Waals surface area contributed by atoms with Crippen molar-refractivity contribution in [1.82, 2.24) is 4.98 Å². The third kappa shape index (κ3) is 3.43. The molecule has 0 amide bonds. The van der Waals surface area contributed by atoms with Crippen molar-refractivity contribution in [1.29, 1.82) is 0 Å². The average molecular weight is 454 g/mol. The predicted octanol–water partition coefficient (Wildman–Crippen LogP) is 4.73. The molecule has 0 aliphatic heterocycles. The fourth-order valence-corrected chi connectivity index (χ4v) is 7.49. The highest BCUT2D eigenvalue weighted by atomic mass is 32.2. The molecule has 5 rings (SSSR count). The molecule has 5 nitrogen and oxygen atoms in total. The molecule has 1 aromatic heterocycles. The lowest BCUT2D eigenvalue weighted by Gasteiger charge is -2.58. The number of rotatable bonds is 4. The normalized spacial score (nSPS) is 36.4. The Balaban J connectivity index is 1.51. The second-order valence-electron chi connectivity index (χ2n) is 10.4. The van der Waals surface area contributed by atoms with E-state index < -0.39 is 10.1 Å². The molecule has 1 unspecified atom stereocenters. The van der Waals surface area contributed by atoms with Crippen LogP contribution >= 0.6 is 0 Å². The van der Waals surface area contributed by atoms with Gasteiger partial charge in [0.1, 0.15) is 0 Å². The fourth-order valence-electron chi connectivity index (χ4n) is 7.08. The van der Waals surface area contributed by atoms with Crippen LogP contribution in [-0.2, 0) is 19.1 Å². The van der Waals surface area contributed by atoms with Gasteiger partial charge in [-0.3, -0.25) is 14.0 Å². The van der Waals surface area contributed by atoms with E-state index in [0.717, 1.165) is 37.5 Å². The average Bonchev–Trinajstić information content (AvgIpc) is 3.10. The summed E-state index contributed by atoms with van der Waals surface area (Å²) in [7, 11) is -3.54. The topological polar surface area (TPSA) is 73.3 Å². The second-order valence-corrected chi connectivity index (χ2v) is 12.1. The van der Waals surface area contributed by atoms with Crippen molar-refractivity contribution in [3.63, 3.8) is 0 Å². The van der Waals surface area contributed by atoms with Crippen LogP contribution in [0, 0.1) is 28.6 Å². The number of ketones is 1. The zero-order valence-corrected chi connectivity index (χ0v) is 19.8. The number of carbonyl (C=O) groups is 1. The first-order valence-corrected chi connectivity index (χ1v) is 13.4. The van der Waals surface area contributed by atoms with Crippen molar-refractivity contribution >= 4 is 21.5 Å². The van der Waals surface area contributed by atoms with Crippen LogP contribution in [0.4, 0.5) is 0 Å². The van der Waals surface area contributed by atoms with Crippen LogP contribution in [0.3, 0.4) is 0 Å². The lowest BCUT2D eigenvalue weighted by Crippen LogP contribution is -2.50. The SMILES string of the molecule is C[C@]12CC[C@H]3[C@@H](CC(COS(C)(=O)=O)C4=CC(=O)CC[C@@]43C)C1=CC=C2c1cccnc1. The van der Waals surface area contributed by atoms with E-state index in [4.69, 9.17) is 4.18 Å². The maximum atomic E-state index is 12.3. The number of pyridine rings is 1. The highest BCUT2D eigenvalue weighted by Crippen LogP contribution is 2.66. The molecule has 0 saturated heterocycles. The minimum atomic E-state index is -3.54. The van der Waals surface area contributed by atoms with Crippen LogP contribution in [0.5, 0.6) is 0 Å². The number of allylic oxidation sites excluding steroid dienone is 5. The van der Waals surface area contributed by atoms with Gasteiger partial charge >= 0.3 is 0 Å². The molecule has 1 aromatic rings. The molecule has 32 heavy (non-hydrogen) atoms. The van der Waals surface area contributed by atoms with Crippen LogP contribution < -0.4 is 0 Å². The standard InChI is InChI=1S/C26H31NO4S/c1-25-11-9-23-20(22(25)7-6-21(25)17-5-4-12-27-15-17)13-18(16-31-32(3,29)30)24-14-19(28)8-10-26(23,24)2/h4-7,12,14-15,18,20,23H,8-11,13,16H2,1-3H3/t18?,20-,23-,25+,26+/m0/s1. The van der Waals surface area contributed by atoms with Gasteiger partial charge in [0.25, 0.3) is 10.1 Å². The maximum Gasteiger partial charge on any atom is 0.264 e. The van der Waals surface area contributed by atoms with E-state index in [1.54, 1.807) is 6.20 Å². The summed E-state index contributed by atoms with van der Waals surface area (Å²) in [5.74, 6) is 0.896. The van der Waals surface area contributed by atoms with Crippen LogP contribution in [-0.4, -0.2) is 32.0 Å². The molecule has 0 aromatic carbocycles. The predicted molar refractivity (Wildman–Crippen MR) is 124 cm³/mol. The first-order chi connectivity index (χ1) is 15.1. The summed E-state index contributed by atoms with van der Waals surface area (Å²) in [6, 6.07) is 4.12. The van der Waals surface area contributed by atoms with Crippen molar-refractivity contribution in [3.8, 4) is 0 Å². The summed E-state index contributed by atoms with van der Waals surface area (Å²) in [6.45, 7) is 4.76. The van der Waals surface area contributed by atoms with E-state index >= 15 is 0 Å². The number of hydrogen-bond acceptors (Lipinski definition) is 5. The Kier molecular flexibility index (Phi) is 5.10. The molecule has 2 saturated carbocycles. The fraction of sp³-hybridized carbons (Fsp3) is 0.538. The number of aromatic nitrogens is 1. The molecular formula is C26H31NO4S. The van der Waals surface area contributed by atoms with E-state index in [1.165, 1.54) is 16.7 Å². The highest BCUT2D eigenvalue weighted by Gasteiger charge is 2.56. The van der Waals surface area contributed by atoms with E-state index in [1.807, 2.05) is 18.3 Å². The number of carbonyl (C=O) groups excluding carboxylic acids is 1. The molecule has 5 atom stereocenters. The van der Waals surface area contributed by atoms with Crippen molar-refractivity contribution in [3.05, 3.63) is 59.5 Å². The molecular weight excluding hydrogens is 422 g/mol. The summed E-state index contributed by atoms with van der Waals surface area (Å²) in [5, 5.41) is 0. The Morgan fingerprint density at radius 1 is 1.19 bits per heavy atom. The summed E-state index contributed by atoms with van der Waals surface area (Å²) >= 11 is 0. The lowest BCUT2D eigenvalue weighted by atomic mass is 9.46. The van der Waals surface area contributed by atoms with Crippen molar-refractivity contribution in [2.24, 2.45) is 28.6 Å². The number of fused-ring (bicyclic) bond motifs is 5. The van der Waals surface area contributed by atoms with Crippen LogP contribution in [0.15, 0.2) is 53.9 Å². The zero-order chi connectivity index (χ0) is 22.7. The molecule has 1 heterocycles. The zero-order valence-electron chi connectivity index (χ0n) is 19.0. The van der Waals surface area contributed by atoms with Gasteiger partial charge in [0, 0.05) is 30.1 Å². The van der Waals surface area contributed by atoms with Crippen molar-refractivity contribution < 1.29 is 17.4 Å².